The maximum Gasteiger partial charge on any atom is 0.238 e. The van der Waals surface area contributed by atoms with E-state index in [1.165, 1.54) is 12.1 Å². The molecule has 1 aliphatic heterocycles. The molecular formula is C17H20N8O3S. The zero-order chi connectivity index (χ0) is 20.8. The van der Waals surface area contributed by atoms with Crippen LogP contribution in [0.1, 0.15) is 18.0 Å². The number of aromatic nitrogens is 4. The number of carbonyl (C=O) groups excluding carboxylic acids is 1. The Balaban J connectivity index is 1.81. The number of H-pyrrole nitrogens is 1. The van der Waals surface area contributed by atoms with Gasteiger partial charge in [0.2, 0.25) is 15.9 Å². The van der Waals surface area contributed by atoms with Crippen LogP contribution >= 0.6 is 0 Å². The van der Waals surface area contributed by atoms with Gasteiger partial charge in [0.25, 0.3) is 0 Å². The molecule has 1 aliphatic rings. The topological polar surface area (TPSA) is 182 Å². The fourth-order valence-electron chi connectivity index (χ4n) is 3.49. The lowest BCUT2D eigenvalue weighted by molar-refractivity contribution is -0.122. The van der Waals surface area contributed by atoms with Crippen molar-refractivity contribution in [1.29, 1.82) is 0 Å². The summed E-state index contributed by atoms with van der Waals surface area (Å²) in [5.74, 6) is 0.318. The number of likely N-dealkylation sites (N-methyl/N-ethyl adjacent to an activating group) is 1. The van der Waals surface area contributed by atoms with Gasteiger partial charge in [-0.15, -0.1) is 0 Å². The van der Waals surface area contributed by atoms with Gasteiger partial charge in [-0.1, -0.05) is 12.1 Å². The van der Waals surface area contributed by atoms with Gasteiger partial charge in [0.15, 0.2) is 17.4 Å². The summed E-state index contributed by atoms with van der Waals surface area (Å²) in [5, 5.41) is 11.1. The molecule has 1 amide bonds. The number of hydrogen-bond acceptors (Lipinski definition) is 8. The molecule has 12 heteroatoms. The van der Waals surface area contributed by atoms with E-state index in [4.69, 9.17) is 10.9 Å². The van der Waals surface area contributed by atoms with Crippen LogP contribution < -0.4 is 21.5 Å². The van der Waals surface area contributed by atoms with Crippen LogP contribution in [0.3, 0.4) is 0 Å². The van der Waals surface area contributed by atoms with Gasteiger partial charge in [-0.25, -0.2) is 23.5 Å². The lowest BCUT2D eigenvalue weighted by Crippen LogP contribution is -2.38. The van der Waals surface area contributed by atoms with Gasteiger partial charge < -0.3 is 21.4 Å². The lowest BCUT2D eigenvalue weighted by atomic mass is 10.00. The van der Waals surface area contributed by atoms with Gasteiger partial charge in [-0.05, 0) is 18.6 Å². The molecule has 0 bridgehead atoms. The number of carbonyl (C=O) groups is 1. The molecule has 0 saturated carbocycles. The molecule has 2 aromatic heterocycles. The number of aromatic amines is 1. The van der Waals surface area contributed by atoms with Crippen LogP contribution in [0.2, 0.25) is 0 Å². The molecule has 11 nitrogen and oxygen atoms in total. The van der Waals surface area contributed by atoms with Gasteiger partial charge in [0.1, 0.15) is 5.52 Å². The molecule has 4 rings (SSSR count). The molecule has 1 fully saturated rings. The Labute approximate surface area is 166 Å². The van der Waals surface area contributed by atoms with E-state index in [1.54, 1.807) is 19.2 Å². The monoisotopic (exact) mass is 416 g/mol. The third-order valence-electron chi connectivity index (χ3n) is 4.90. The van der Waals surface area contributed by atoms with Crippen LogP contribution in [0.15, 0.2) is 29.2 Å². The van der Waals surface area contributed by atoms with E-state index in [9.17, 15) is 13.2 Å². The van der Waals surface area contributed by atoms with Crippen molar-refractivity contribution in [2.75, 3.05) is 19.3 Å². The second-order valence-electron chi connectivity index (χ2n) is 6.83. The Morgan fingerprint density at radius 2 is 2.07 bits per heavy atom. The summed E-state index contributed by atoms with van der Waals surface area (Å²) in [6.07, 6.45) is 0.543. The Morgan fingerprint density at radius 3 is 2.79 bits per heavy atom. The van der Waals surface area contributed by atoms with E-state index in [-0.39, 0.29) is 28.7 Å². The fraction of sp³-hybridized carbons (Fsp3) is 0.294. The number of benzene rings is 1. The van der Waals surface area contributed by atoms with E-state index in [0.717, 1.165) is 0 Å². The summed E-state index contributed by atoms with van der Waals surface area (Å²) >= 11 is 0. The number of imidazole rings is 1. The van der Waals surface area contributed by atoms with Crippen molar-refractivity contribution >= 4 is 33.0 Å². The maximum atomic E-state index is 12.0. The number of rotatable bonds is 4. The van der Waals surface area contributed by atoms with Crippen molar-refractivity contribution in [3.63, 3.8) is 0 Å². The predicted molar refractivity (Wildman–Crippen MR) is 106 cm³/mol. The molecule has 29 heavy (non-hydrogen) atoms. The van der Waals surface area contributed by atoms with Crippen LogP contribution in [0.25, 0.3) is 22.6 Å². The van der Waals surface area contributed by atoms with Gasteiger partial charge in [-0.3, -0.25) is 4.79 Å². The number of amides is 1. The van der Waals surface area contributed by atoms with Crippen LogP contribution in [0.5, 0.6) is 0 Å². The zero-order valence-electron chi connectivity index (χ0n) is 15.5. The first-order chi connectivity index (χ1) is 13.8. The van der Waals surface area contributed by atoms with Gasteiger partial charge >= 0.3 is 0 Å². The van der Waals surface area contributed by atoms with E-state index < -0.39 is 10.0 Å². The van der Waals surface area contributed by atoms with E-state index >= 15 is 0 Å². The van der Waals surface area contributed by atoms with Crippen LogP contribution in [0.4, 0.5) is 5.95 Å². The Hall–Kier alpha value is -3.09. The fourth-order valence-corrected chi connectivity index (χ4v) is 4.05. The SMILES string of the molecule is CNC(=O)C1CC(c2nc(-c3cccc(S(N)(=O)=O)c3)nc3nc(N)[nH]c23)CN1. The summed E-state index contributed by atoms with van der Waals surface area (Å²) in [6, 6.07) is 5.75. The molecule has 0 radical (unpaired) electrons. The molecule has 2 atom stereocenters. The molecule has 7 N–H and O–H groups in total. The van der Waals surface area contributed by atoms with Gasteiger partial charge in [-0.2, -0.15) is 4.98 Å². The van der Waals surface area contributed by atoms with E-state index in [1.807, 2.05) is 0 Å². The highest BCUT2D eigenvalue weighted by atomic mass is 32.2. The highest BCUT2D eigenvalue weighted by molar-refractivity contribution is 7.89. The number of sulfonamides is 1. The highest BCUT2D eigenvalue weighted by Gasteiger charge is 2.32. The largest absolute Gasteiger partial charge is 0.369 e. The molecule has 1 aromatic carbocycles. The number of nitrogen functional groups attached to an aromatic ring is 1. The molecule has 1 saturated heterocycles. The molecule has 3 heterocycles. The number of hydrogen-bond donors (Lipinski definition) is 5. The Bertz CT molecular complexity index is 1210. The summed E-state index contributed by atoms with van der Waals surface area (Å²) < 4.78 is 23.4. The van der Waals surface area contributed by atoms with Crippen molar-refractivity contribution in [1.82, 2.24) is 30.6 Å². The third kappa shape index (κ3) is 3.64. The normalized spacial score (nSPS) is 19.5. The molecular weight excluding hydrogens is 396 g/mol. The molecule has 2 unspecified atom stereocenters. The number of nitrogens with two attached hydrogens (primary N) is 2. The zero-order valence-corrected chi connectivity index (χ0v) is 16.3. The minimum atomic E-state index is -3.87. The van der Waals surface area contributed by atoms with E-state index in [2.05, 4.69) is 30.6 Å². The van der Waals surface area contributed by atoms with Crippen LogP contribution in [-0.4, -0.2) is 53.9 Å². The van der Waals surface area contributed by atoms with Crippen molar-refractivity contribution in [3.8, 4) is 11.4 Å². The summed E-state index contributed by atoms with van der Waals surface area (Å²) in [6.45, 7) is 0.541. The first kappa shape index (κ1) is 19.2. The number of anilines is 1. The summed E-state index contributed by atoms with van der Waals surface area (Å²) in [4.78, 5) is 28.2. The first-order valence-corrected chi connectivity index (χ1v) is 10.4. The van der Waals surface area contributed by atoms with Gasteiger partial charge in [0.05, 0.1) is 16.6 Å². The summed E-state index contributed by atoms with van der Waals surface area (Å²) in [5.41, 5.74) is 7.92. The Kier molecular flexibility index (Phi) is 4.68. The van der Waals surface area contributed by atoms with Gasteiger partial charge in [0, 0.05) is 25.1 Å². The molecule has 0 aliphatic carbocycles. The predicted octanol–water partition coefficient (Wildman–Crippen LogP) is -0.559. The van der Waals surface area contributed by atoms with Crippen LogP contribution in [0, 0.1) is 0 Å². The second kappa shape index (κ2) is 7.06. The van der Waals surface area contributed by atoms with Crippen molar-refractivity contribution < 1.29 is 13.2 Å². The Morgan fingerprint density at radius 1 is 1.28 bits per heavy atom. The van der Waals surface area contributed by atoms with Crippen molar-refractivity contribution in [2.24, 2.45) is 5.14 Å². The number of nitrogens with zero attached hydrogens (tertiary/aromatic N) is 3. The maximum absolute atomic E-state index is 12.0. The lowest BCUT2D eigenvalue weighted by Gasteiger charge is -2.12. The molecule has 3 aromatic rings. The quantitative estimate of drug-likeness (QED) is 0.375. The molecule has 0 spiro atoms. The minimum Gasteiger partial charge on any atom is -0.369 e. The number of primary sulfonamides is 1. The summed E-state index contributed by atoms with van der Waals surface area (Å²) in [7, 11) is -2.28. The number of nitrogens with one attached hydrogen (secondary N) is 3. The standard InChI is InChI=1S/C17H20N8O3S/c1-20-16(26)11-6-9(7-21-11)12-13-15(25-17(18)23-13)24-14(22-12)8-3-2-4-10(5-8)29(19,27)28/h2-5,9,11,21H,6-7H2,1H3,(H,20,26)(H2,19,27,28)(H3,18,22,23,24,25). The minimum absolute atomic E-state index is 0.0380. The smallest absolute Gasteiger partial charge is 0.238 e. The number of fused-ring (bicyclic) bond motifs is 1. The van der Waals surface area contributed by atoms with Crippen LogP contribution in [-0.2, 0) is 14.8 Å². The average molecular weight is 416 g/mol. The highest BCUT2D eigenvalue weighted by Crippen LogP contribution is 2.31. The van der Waals surface area contributed by atoms with Crippen molar-refractivity contribution in [2.45, 2.75) is 23.3 Å². The third-order valence-corrected chi connectivity index (χ3v) is 5.81. The average Bonchev–Trinajstić information content (AvgIpc) is 3.32. The van der Waals surface area contributed by atoms with E-state index in [0.29, 0.717) is 41.2 Å². The second-order valence-corrected chi connectivity index (χ2v) is 8.40. The molecule has 152 valence electrons. The van der Waals surface area contributed by atoms with Crippen molar-refractivity contribution in [3.05, 3.63) is 30.0 Å². The first-order valence-electron chi connectivity index (χ1n) is 8.87.